The van der Waals surface area contributed by atoms with Gasteiger partial charge in [0.25, 0.3) is 0 Å². The molecule has 0 radical (unpaired) electrons. The smallest absolute Gasteiger partial charge is 0.306 e. The molecule has 0 aliphatic carbocycles. The molecule has 0 saturated heterocycles. The summed E-state index contributed by atoms with van der Waals surface area (Å²) in [6, 6.07) is 0.169. The van der Waals surface area contributed by atoms with E-state index in [9.17, 15) is 14.7 Å². The molecule has 316 valence electrons. The van der Waals surface area contributed by atoms with Crippen LogP contribution in [0.25, 0.3) is 0 Å². The number of rotatable bonds is 43. The first-order valence-electron chi connectivity index (χ1n) is 23.7. The Morgan fingerprint density at radius 2 is 0.755 bits per heavy atom. The zero-order valence-electron chi connectivity index (χ0n) is 36.2. The molecule has 0 fully saturated rings. The molecule has 0 bridgehead atoms. The van der Waals surface area contributed by atoms with Gasteiger partial charge in [-0.2, -0.15) is 0 Å². The van der Waals surface area contributed by atoms with Gasteiger partial charge in [0.1, 0.15) is 12.2 Å². The Balaban J connectivity index is 3.96. The van der Waals surface area contributed by atoms with E-state index in [1.165, 1.54) is 116 Å². The molecule has 6 heteroatoms. The molecule has 2 atom stereocenters. The second kappa shape index (κ2) is 42.0. The van der Waals surface area contributed by atoms with Gasteiger partial charge in [-0.25, -0.2) is 0 Å². The lowest BCUT2D eigenvalue weighted by Gasteiger charge is -2.18. The van der Waals surface area contributed by atoms with E-state index >= 15 is 0 Å². The highest BCUT2D eigenvalue weighted by molar-refractivity contribution is 5.69. The fraction of sp³-hybridized carbons (Fsp3) is 0.957. The Labute approximate surface area is 330 Å². The molecule has 2 unspecified atom stereocenters. The molecule has 0 rings (SSSR count). The third kappa shape index (κ3) is 37.6. The van der Waals surface area contributed by atoms with Crippen LogP contribution < -0.4 is 5.32 Å². The van der Waals surface area contributed by atoms with Crippen molar-refractivity contribution >= 4 is 11.9 Å². The summed E-state index contributed by atoms with van der Waals surface area (Å²) in [6.07, 6.45) is 41.3. The second-order valence-corrected chi connectivity index (χ2v) is 16.3. The molecule has 0 heterocycles. The van der Waals surface area contributed by atoms with E-state index in [0.717, 1.165) is 109 Å². The van der Waals surface area contributed by atoms with Gasteiger partial charge in [-0.3, -0.25) is 9.59 Å². The number of ether oxygens (including phenoxy) is 2. The van der Waals surface area contributed by atoms with Crippen LogP contribution in [0.1, 0.15) is 259 Å². The monoisotopic (exact) mass is 752 g/mol. The Morgan fingerprint density at radius 1 is 0.415 bits per heavy atom. The number of hydrogen-bond acceptors (Lipinski definition) is 6. The summed E-state index contributed by atoms with van der Waals surface area (Å²) in [6.45, 7) is 10.1. The number of nitrogens with one attached hydrogen (secondary N) is 1. The van der Waals surface area contributed by atoms with Gasteiger partial charge in [-0.05, 0) is 77.2 Å². The Hall–Kier alpha value is -1.14. The van der Waals surface area contributed by atoms with E-state index in [4.69, 9.17) is 9.47 Å². The lowest BCUT2D eigenvalue weighted by atomic mass is 10.0. The number of esters is 2. The molecule has 0 saturated carbocycles. The molecule has 0 spiro atoms. The molecule has 2 N–H and O–H groups in total. The van der Waals surface area contributed by atoms with Crippen LogP contribution in [-0.2, 0) is 19.1 Å². The van der Waals surface area contributed by atoms with Crippen molar-refractivity contribution in [2.24, 2.45) is 0 Å². The Kier molecular flexibility index (Phi) is 41.1. The Morgan fingerprint density at radius 3 is 1.15 bits per heavy atom. The zero-order chi connectivity index (χ0) is 38.9. The lowest BCUT2D eigenvalue weighted by Crippen LogP contribution is -2.33. The van der Waals surface area contributed by atoms with Crippen molar-refractivity contribution in [3.05, 3.63) is 0 Å². The first-order chi connectivity index (χ1) is 26.0. The van der Waals surface area contributed by atoms with Gasteiger partial charge in [0.15, 0.2) is 0 Å². The van der Waals surface area contributed by atoms with Crippen molar-refractivity contribution < 1.29 is 24.2 Å². The van der Waals surface area contributed by atoms with Gasteiger partial charge < -0.3 is 19.9 Å². The van der Waals surface area contributed by atoms with Gasteiger partial charge >= 0.3 is 11.9 Å². The first-order valence-corrected chi connectivity index (χ1v) is 23.7. The molecule has 53 heavy (non-hydrogen) atoms. The molecule has 0 amide bonds. The van der Waals surface area contributed by atoms with E-state index in [-0.39, 0.29) is 36.8 Å². The van der Waals surface area contributed by atoms with E-state index in [1.54, 1.807) is 0 Å². The quantitative estimate of drug-likeness (QED) is 0.0477. The van der Waals surface area contributed by atoms with Crippen LogP contribution in [0.4, 0.5) is 0 Å². The number of unbranched alkanes of at least 4 members (excludes halogenated alkanes) is 23. The van der Waals surface area contributed by atoms with Gasteiger partial charge in [0.2, 0.25) is 0 Å². The fourth-order valence-electron chi connectivity index (χ4n) is 7.47. The number of hydrogen-bond donors (Lipinski definition) is 2. The van der Waals surface area contributed by atoms with Crippen molar-refractivity contribution in [2.75, 3.05) is 13.2 Å². The van der Waals surface area contributed by atoms with Gasteiger partial charge in [-0.15, -0.1) is 0 Å². The third-order valence-electron chi connectivity index (χ3n) is 11.0. The van der Waals surface area contributed by atoms with Crippen molar-refractivity contribution in [2.45, 2.75) is 277 Å². The SMILES string of the molecule is CCCCCCCCC(CCC)OC(=O)CCCCCCCNC(CO)CCCCCCCC(=O)OC(CCCCCCCC)CCCCCCCC. The molecular weight excluding hydrogens is 659 g/mol. The lowest BCUT2D eigenvalue weighted by molar-refractivity contribution is -0.151. The molecular formula is C47H93NO5. The minimum absolute atomic E-state index is 0.00801. The topological polar surface area (TPSA) is 84.9 Å². The fourth-order valence-corrected chi connectivity index (χ4v) is 7.47. The summed E-state index contributed by atoms with van der Waals surface area (Å²) in [5.74, 6) is -0.000601. The van der Waals surface area contributed by atoms with E-state index < -0.39 is 0 Å². The van der Waals surface area contributed by atoms with Crippen molar-refractivity contribution in [3.8, 4) is 0 Å². The van der Waals surface area contributed by atoms with Gasteiger partial charge in [0.05, 0.1) is 6.61 Å². The molecule has 0 aliphatic rings. The summed E-state index contributed by atoms with van der Waals surface area (Å²) < 4.78 is 11.8. The molecule has 0 aromatic rings. The zero-order valence-corrected chi connectivity index (χ0v) is 36.2. The average Bonchev–Trinajstić information content (AvgIpc) is 3.15. The van der Waals surface area contributed by atoms with E-state index in [2.05, 4.69) is 33.0 Å². The van der Waals surface area contributed by atoms with Crippen molar-refractivity contribution in [1.82, 2.24) is 5.32 Å². The number of aliphatic hydroxyl groups excluding tert-OH is 1. The summed E-state index contributed by atoms with van der Waals surface area (Å²) in [4.78, 5) is 25.1. The standard InChI is InChI=1S/C47H93NO5/c1-5-9-12-15-21-28-36-44(34-8-4)52-46(50)39-32-25-19-26-33-41-48-43(42-49)35-27-20-18-24-31-40-47(51)53-45(37-29-22-16-13-10-6-2)38-30-23-17-14-11-7-3/h43-45,48-49H,5-42H2,1-4H3. The number of aliphatic hydroxyl groups is 1. The van der Waals surface area contributed by atoms with Crippen LogP contribution in [0.15, 0.2) is 0 Å². The van der Waals surface area contributed by atoms with Crippen LogP contribution in [0.3, 0.4) is 0 Å². The van der Waals surface area contributed by atoms with Crippen LogP contribution in [-0.4, -0.2) is 48.4 Å². The van der Waals surface area contributed by atoms with Crippen LogP contribution in [0.2, 0.25) is 0 Å². The second-order valence-electron chi connectivity index (χ2n) is 16.3. The van der Waals surface area contributed by atoms with Crippen molar-refractivity contribution in [3.63, 3.8) is 0 Å². The van der Waals surface area contributed by atoms with Crippen LogP contribution >= 0.6 is 0 Å². The maximum absolute atomic E-state index is 12.7. The Bertz CT molecular complexity index is 745. The molecule has 6 nitrogen and oxygen atoms in total. The maximum Gasteiger partial charge on any atom is 0.306 e. The predicted octanol–water partition coefficient (Wildman–Crippen LogP) is 13.9. The summed E-state index contributed by atoms with van der Waals surface area (Å²) in [7, 11) is 0. The summed E-state index contributed by atoms with van der Waals surface area (Å²) >= 11 is 0. The highest BCUT2D eigenvalue weighted by atomic mass is 16.5. The van der Waals surface area contributed by atoms with Crippen LogP contribution in [0, 0.1) is 0 Å². The minimum atomic E-state index is -0.00861. The first kappa shape index (κ1) is 51.9. The normalized spacial score (nSPS) is 12.7. The predicted molar refractivity (Wildman–Crippen MR) is 228 cm³/mol. The summed E-state index contributed by atoms with van der Waals surface area (Å²) in [5, 5.41) is 13.4. The maximum atomic E-state index is 12.7. The molecule has 0 aliphatic heterocycles. The summed E-state index contributed by atoms with van der Waals surface area (Å²) in [5.41, 5.74) is 0. The van der Waals surface area contributed by atoms with E-state index in [1.807, 2.05) is 0 Å². The largest absolute Gasteiger partial charge is 0.462 e. The minimum Gasteiger partial charge on any atom is -0.462 e. The molecule has 0 aromatic heterocycles. The number of carbonyl (C=O) groups excluding carboxylic acids is 2. The van der Waals surface area contributed by atoms with Crippen molar-refractivity contribution in [1.29, 1.82) is 0 Å². The van der Waals surface area contributed by atoms with Gasteiger partial charge in [0, 0.05) is 18.9 Å². The average molecular weight is 752 g/mol. The molecule has 0 aromatic carbocycles. The third-order valence-corrected chi connectivity index (χ3v) is 11.0. The van der Waals surface area contributed by atoms with Gasteiger partial charge in [-0.1, -0.05) is 175 Å². The highest BCUT2D eigenvalue weighted by Crippen LogP contribution is 2.19. The van der Waals surface area contributed by atoms with Crippen LogP contribution in [0.5, 0.6) is 0 Å². The number of carbonyl (C=O) groups is 2. The van der Waals surface area contributed by atoms with E-state index in [0.29, 0.717) is 12.8 Å². The highest BCUT2D eigenvalue weighted by Gasteiger charge is 2.15.